The fraction of sp³-hybridized carbons (Fsp3) is 0.722. The number of carbonyl (C=O) groups is 1. The summed E-state index contributed by atoms with van der Waals surface area (Å²) in [4.78, 5) is 18.9. The van der Waals surface area contributed by atoms with Crippen LogP contribution in [0.25, 0.3) is 0 Å². The largest absolute Gasteiger partial charge is 0.378 e. The first kappa shape index (κ1) is 18.1. The van der Waals surface area contributed by atoms with Crippen LogP contribution in [-0.2, 0) is 9.53 Å². The molecule has 2 saturated heterocycles. The van der Waals surface area contributed by atoms with Crippen molar-refractivity contribution >= 4 is 11.7 Å². The van der Waals surface area contributed by atoms with E-state index in [0.29, 0.717) is 25.7 Å². The number of aryl methyl sites for hydroxylation is 1. The van der Waals surface area contributed by atoms with Crippen LogP contribution in [0.4, 0.5) is 5.82 Å². The minimum atomic E-state index is 0.243. The molecule has 0 bridgehead atoms. The van der Waals surface area contributed by atoms with Gasteiger partial charge in [-0.15, -0.1) is 5.10 Å². The van der Waals surface area contributed by atoms with Gasteiger partial charge in [-0.05, 0) is 38.9 Å². The first-order valence-electron chi connectivity index (χ1n) is 9.24. The average molecular weight is 347 g/mol. The lowest BCUT2D eigenvalue weighted by Crippen LogP contribution is -2.48. The van der Waals surface area contributed by atoms with Crippen LogP contribution in [0.5, 0.6) is 0 Å². The Labute approximate surface area is 149 Å². The normalized spacial score (nSPS) is 21.6. The second-order valence-corrected chi connectivity index (χ2v) is 7.00. The summed E-state index contributed by atoms with van der Waals surface area (Å²) in [6.45, 7) is 7.50. The molecule has 0 aromatic carbocycles. The monoisotopic (exact) mass is 347 g/mol. The minimum Gasteiger partial charge on any atom is -0.378 e. The zero-order valence-electron chi connectivity index (χ0n) is 15.4. The molecule has 7 nitrogen and oxygen atoms in total. The predicted molar refractivity (Wildman–Crippen MR) is 96.7 cm³/mol. The Morgan fingerprint density at radius 1 is 1.28 bits per heavy atom. The molecule has 2 aliphatic rings. The smallest absolute Gasteiger partial charge is 0.224 e. The average Bonchev–Trinajstić information content (AvgIpc) is 2.67. The molecule has 7 heteroatoms. The minimum absolute atomic E-state index is 0.243. The molecule has 1 unspecified atom stereocenters. The quantitative estimate of drug-likeness (QED) is 0.790. The number of anilines is 1. The van der Waals surface area contributed by atoms with E-state index in [4.69, 9.17) is 4.74 Å². The van der Waals surface area contributed by atoms with E-state index in [9.17, 15) is 4.79 Å². The molecule has 0 saturated carbocycles. The topological polar surface area (TPSA) is 61.8 Å². The number of ether oxygens (including phenoxy) is 1. The maximum absolute atomic E-state index is 12.3. The number of rotatable bonds is 5. The van der Waals surface area contributed by atoms with Crippen molar-refractivity contribution in [1.82, 2.24) is 20.0 Å². The van der Waals surface area contributed by atoms with Crippen molar-refractivity contribution in [3.8, 4) is 0 Å². The standard InChI is InChI=1S/C18H29N5O2/c1-15-5-6-17(20-19-15)23-8-3-4-16(14-23)21(2)9-7-18(24)22-10-12-25-13-11-22/h5-6,16H,3-4,7-14H2,1-2H3. The third-order valence-electron chi connectivity index (χ3n) is 5.17. The summed E-state index contributed by atoms with van der Waals surface area (Å²) >= 11 is 0. The molecule has 1 aromatic heterocycles. The van der Waals surface area contributed by atoms with E-state index >= 15 is 0 Å². The van der Waals surface area contributed by atoms with Gasteiger partial charge in [0, 0.05) is 45.2 Å². The summed E-state index contributed by atoms with van der Waals surface area (Å²) in [5.41, 5.74) is 0.941. The Hall–Kier alpha value is -1.73. The number of amides is 1. The third kappa shape index (κ3) is 4.89. The molecule has 138 valence electrons. The highest BCUT2D eigenvalue weighted by Gasteiger charge is 2.25. The van der Waals surface area contributed by atoms with E-state index in [1.165, 1.54) is 0 Å². The molecule has 0 radical (unpaired) electrons. The second-order valence-electron chi connectivity index (χ2n) is 7.00. The lowest BCUT2D eigenvalue weighted by atomic mass is 10.0. The summed E-state index contributed by atoms with van der Waals surface area (Å²) < 4.78 is 5.31. The van der Waals surface area contributed by atoms with Crippen molar-refractivity contribution in [3.63, 3.8) is 0 Å². The van der Waals surface area contributed by atoms with E-state index in [-0.39, 0.29) is 5.91 Å². The van der Waals surface area contributed by atoms with Gasteiger partial charge in [-0.2, -0.15) is 5.10 Å². The number of aromatic nitrogens is 2. The summed E-state index contributed by atoms with van der Waals surface area (Å²) in [6, 6.07) is 4.51. The van der Waals surface area contributed by atoms with E-state index in [2.05, 4.69) is 27.0 Å². The van der Waals surface area contributed by atoms with Gasteiger partial charge in [0.1, 0.15) is 0 Å². The summed E-state index contributed by atoms with van der Waals surface area (Å²) in [5.74, 6) is 1.19. The molecule has 2 aliphatic heterocycles. The molecule has 2 fully saturated rings. The summed E-state index contributed by atoms with van der Waals surface area (Å²) in [7, 11) is 2.13. The lowest BCUT2D eigenvalue weighted by molar-refractivity contribution is -0.135. The van der Waals surface area contributed by atoms with E-state index < -0.39 is 0 Å². The molecule has 0 N–H and O–H groups in total. The van der Waals surface area contributed by atoms with Gasteiger partial charge in [-0.3, -0.25) is 4.79 Å². The Kier molecular flexibility index (Phi) is 6.20. The Morgan fingerprint density at radius 2 is 2.08 bits per heavy atom. The van der Waals surface area contributed by atoms with Crippen molar-refractivity contribution in [2.45, 2.75) is 32.2 Å². The van der Waals surface area contributed by atoms with E-state index in [1.54, 1.807) is 0 Å². The second kappa shape index (κ2) is 8.58. The SMILES string of the molecule is Cc1ccc(N2CCCC(N(C)CCC(=O)N3CCOCC3)C2)nn1. The van der Waals surface area contributed by atoms with Crippen molar-refractivity contribution in [2.75, 3.05) is 57.9 Å². The zero-order valence-corrected chi connectivity index (χ0v) is 15.4. The molecule has 0 spiro atoms. The first-order chi connectivity index (χ1) is 12.1. The van der Waals surface area contributed by atoms with Gasteiger partial charge in [-0.1, -0.05) is 0 Å². The van der Waals surface area contributed by atoms with Gasteiger partial charge >= 0.3 is 0 Å². The van der Waals surface area contributed by atoms with Crippen molar-refractivity contribution < 1.29 is 9.53 Å². The van der Waals surface area contributed by atoms with Gasteiger partial charge in [0.2, 0.25) is 5.91 Å². The van der Waals surface area contributed by atoms with E-state index in [1.807, 2.05) is 24.0 Å². The predicted octanol–water partition coefficient (Wildman–Crippen LogP) is 0.935. The molecule has 1 atom stereocenters. The van der Waals surface area contributed by atoms with Gasteiger partial charge in [0.05, 0.1) is 18.9 Å². The maximum Gasteiger partial charge on any atom is 0.224 e. The van der Waals surface area contributed by atoms with Crippen LogP contribution in [0, 0.1) is 6.92 Å². The van der Waals surface area contributed by atoms with Crippen LogP contribution < -0.4 is 4.90 Å². The number of likely N-dealkylation sites (N-methyl/N-ethyl adjacent to an activating group) is 1. The number of piperidine rings is 1. The highest BCUT2D eigenvalue weighted by Crippen LogP contribution is 2.20. The Morgan fingerprint density at radius 3 is 2.80 bits per heavy atom. The molecular weight excluding hydrogens is 318 g/mol. The van der Waals surface area contributed by atoms with Gasteiger partial charge in [-0.25, -0.2) is 0 Å². The fourth-order valence-corrected chi connectivity index (χ4v) is 3.51. The van der Waals surface area contributed by atoms with Crippen LogP contribution in [0.2, 0.25) is 0 Å². The number of hydrogen-bond acceptors (Lipinski definition) is 6. The molecule has 0 aliphatic carbocycles. The Balaban J connectivity index is 1.48. The molecule has 3 heterocycles. The van der Waals surface area contributed by atoms with Crippen molar-refractivity contribution in [1.29, 1.82) is 0 Å². The summed E-state index contributed by atoms with van der Waals surface area (Å²) in [6.07, 6.45) is 2.89. The summed E-state index contributed by atoms with van der Waals surface area (Å²) in [5, 5.41) is 8.49. The molecule has 25 heavy (non-hydrogen) atoms. The molecule has 3 rings (SSSR count). The lowest BCUT2D eigenvalue weighted by Gasteiger charge is -2.38. The maximum atomic E-state index is 12.3. The third-order valence-corrected chi connectivity index (χ3v) is 5.17. The van der Waals surface area contributed by atoms with Crippen LogP contribution in [0.15, 0.2) is 12.1 Å². The van der Waals surface area contributed by atoms with Gasteiger partial charge in [0.15, 0.2) is 5.82 Å². The highest BCUT2D eigenvalue weighted by molar-refractivity contribution is 5.76. The highest BCUT2D eigenvalue weighted by atomic mass is 16.5. The van der Waals surface area contributed by atoms with Gasteiger partial charge < -0.3 is 19.4 Å². The number of hydrogen-bond donors (Lipinski definition) is 0. The van der Waals surface area contributed by atoms with Crippen LogP contribution in [0.1, 0.15) is 25.0 Å². The van der Waals surface area contributed by atoms with Crippen molar-refractivity contribution in [2.24, 2.45) is 0 Å². The van der Waals surface area contributed by atoms with Crippen LogP contribution in [-0.4, -0.2) is 84.9 Å². The van der Waals surface area contributed by atoms with Crippen LogP contribution >= 0.6 is 0 Å². The Bertz CT molecular complexity index is 559. The van der Waals surface area contributed by atoms with E-state index in [0.717, 1.165) is 57.1 Å². The van der Waals surface area contributed by atoms with Gasteiger partial charge in [0.25, 0.3) is 0 Å². The fourth-order valence-electron chi connectivity index (χ4n) is 3.51. The number of carbonyl (C=O) groups excluding carboxylic acids is 1. The molecular formula is C18H29N5O2. The zero-order chi connectivity index (χ0) is 17.6. The van der Waals surface area contributed by atoms with Crippen molar-refractivity contribution in [3.05, 3.63) is 17.8 Å². The van der Waals surface area contributed by atoms with Crippen LogP contribution in [0.3, 0.4) is 0 Å². The number of morpholine rings is 1. The number of nitrogens with zero attached hydrogens (tertiary/aromatic N) is 5. The molecule has 1 aromatic rings. The molecule has 1 amide bonds. The first-order valence-corrected chi connectivity index (χ1v) is 9.24.